The Labute approximate surface area is 173 Å². The number of benzene rings is 1. The second kappa shape index (κ2) is 8.33. The van der Waals surface area contributed by atoms with Gasteiger partial charge < -0.3 is 19.5 Å². The summed E-state index contributed by atoms with van der Waals surface area (Å²) in [7, 11) is 0. The average Bonchev–Trinajstić information content (AvgIpc) is 3.32. The van der Waals surface area contributed by atoms with Crippen LogP contribution in [0.2, 0.25) is 0 Å². The maximum atomic E-state index is 12.6. The molecule has 2 heterocycles. The Morgan fingerprint density at radius 2 is 1.80 bits per heavy atom. The van der Waals surface area contributed by atoms with E-state index >= 15 is 0 Å². The maximum absolute atomic E-state index is 12.6. The first-order chi connectivity index (χ1) is 14.5. The van der Waals surface area contributed by atoms with Gasteiger partial charge in [-0.1, -0.05) is 18.9 Å². The highest BCUT2D eigenvalue weighted by Gasteiger charge is 2.51. The lowest BCUT2D eigenvalue weighted by atomic mass is 9.81. The summed E-state index contributed by atoms with van der Waals surface area (Å²) in [5.74, 6) is -1.25. The van der Waals surface area contributed by atoms with Crippen molar-refractivity contribution in [3.63, 3.8) is 0 Å². The Balaban J connectivity index is 1.26. The number of likely N-dealkylation sites (tertiary alicyclic amines) is 1. The fraction of sp³-hybridized carbons (Fsp3) is 0.524. The Morgan fingerprint density at radius 3 is 2.50 bits per heavy atom. The third-order valence-electron chi connectivity index (χ3n) is 5.88. The molecule has 1 N–H and O–H groups in total. The molecular weight excluding hydrogens is 392 g/mol. The van der Waals surface area contributed by atoms with E-state index in [1.165, 1.54) is 6.92 Å². The summed E-state index contributed by atoms with van der Waals surface area (Å²) in [5, 5.41) is 2.65. The van der Waals surface area contributed by atoms with E-state index in [1.807, 2.05) is 0 Å². The molecule has 1 aromatic carbocycles. The first kappa shape index (κ1) is 20.2. The number of rotatable bonds is 6. The van der Waals surface area contributed by atoms with Gasteiger partial charge >= 0.3 is 5.97 Å². The molecule has 3 amide bonds. The summed E-state index contributed by atoms with van der Waals surface area (Å²) in [6.07, 6.45) is 3.18. The monoisotopic (exact) mass is 416 g/mol. The zero-order chi connectivity index (χ0) is 21.3. The lowest BCUT2D eigenvalue weighted by Gasteiger charge is -2.21. The number of fused-ring (bicyclic) bond motifs is 2. The van der Waals surface area contributed by atoms with Gasteiger partial charge in [-0.05, 0) is 37.5 Å². The van der Waals surface area contributed by atoms with Gasteiger partial charge in [0, 0.05) is 6.54 Å². The fourth-order valence-corrected chi connectivity index (χ4v) is 4.23. The van der Waals surface area contributed by atoms with Crippen molar-refractivity contribution < 1.29 is 33.4 Å². The van der Waals surface area contributed by atoms with Crippen LogP contribution >= 0.6 is 0 Å². The quantitative estimate of drug-likeness (QED) is 0.547. The number of nitrogens with zero attached hydrogens (tertiary/aromatic N) is 1. The van der Waals surface area contributed by atoms with Crippen LogP contribution in [-0.2, 0) is 30.5 Å². The van der Waals surface area contributed by atoms with Crippen molar-refractivity contribution >= 4 is 23.7 Å². The Kier molecular flexibility index (Phi) is 5.61. The lowest BCUT2D eigenvalue weighted by Crippen LogP contribution is -2.45. The largest absolute Gasteiger partial charge is 0.454 e. The van der Waals surface area contributed by atoms with Crippen molar-refractivity contribution in [3.8, 4) is 11.5 Å². The molecular formula is C21H24N2O7. The predicted octanol–water partition coefficient (Wildman–Crippen LogP) is 1.14. The number of hydrogen-bond acceptors (Lipinski definition) is 7. The molecule has 0 radical (unpaired) electrons. The molecule has 9 nitrogen and oxygen atoms in total. The van der Waals surface area contributed by atoms with E-state index in [0.29, 0.717) is 24.3 Å². The molecule has 1 aromatic rings. The Morgan fingerprint density at radius 1 is 1.13 bits per heavy atom. The van der Waals surface area contributed by atoms with E-state index in [9.17, 15) is 19.2 Å². The summed E-state index contributed by atoms with van der Waals surface area (Å²) in [6.45, 7) is 1.37. The Bertz CT molecular complexity index is 860. The summed E-state index contributed by atoms with van der Waals surface area (Å²) in [5.41, 5.74) is 0.808. The van der Waals surface area contributed by atoms with Gasteiger partial charge in [0.05, 0.1) is 11.8 Å². The zero-order valence-corrected chi connectivity index (χ0v) is 16.7. The normalized spacial score (nSPS) is 23.2. The second-order valence-corrected chi connectivity index (χ2v) is 7.79. The van der Waals surface area contributed by atoms with Crippen LogP contribution in [0.25, 0.3) is 0 Å². The zero-order valence-electron chi connectivity index (χ0n) is 16.7. The van der Waals surface area contributed by atoms with E-state index < -0.39 is 24.5 Å². The van der Waals surface area contributed by atoms with E-state index in [4.69, 9.17) is 14.2 Å². The summed E-state index contributed by atoms with van der Waals surface area (Å²) < 4.78 is 15.6. The number of nitrogens with one attached hydrogen (secondary N) is 1. The van der Waals surface area contributed by atoms with E-state index in [2.05, 4.69) is 5.32 Å². The third kappa shape index (κ3) is 3.83. The van der Waals surface area contributed by atoms with Crippen LogP contribution in [0.15, 0.2) is 18.2 Å². The lowest BCUT2D eigenvalue weighted by molar-refractivity contribution is -0.159. The highest BCUT2D eigenvalue weighted by atomic mass is 16.7. The minimum Gasteiger partial charge on any atom is -0.454 e. The molecule has 160 valence electrons. The number of ether oxygens (including phenoxy) is 3. The topological polar surface area (TPSA) is 111 Å². The van der Waals surface area contributed by atoms with Gasteiger partial charge in [0.15, 0.2) is 18.1 Å². The summed E-state index contributed by atoms with van der Waals surface area (Å²) in [4.78, 5) is 50.6. The van der Waals surface area contributed by atoms with Crippen LogP contribution in [-0.4, -0.2) is 48.0 Å². The van der Waals surface area contributed by atoms with Crippen molar-refractivity contribution in [2.24, 2.45) is 11.8 Å². The molecule has 0 bridgehead atoms. The highest BCUT2D eigenvalue weighted by Crippen LogP contribution is 2.39. The van der Waals surface area contributed by atoms with Crippen molar-refractivity contribution in [2.45, 2.75) is 45.2 Å². The SMILES string of the molecule is C[C@@H](C(=O)OCC(=O)NCc1ccc2c(c1)OCO2)N1C(=O)[C@@H]2CCCC[C@H]2C1=O. The van der Waals surface area contributed by atoms with Crippen LogP contribution < -0.4 is 14.8 Å². The smallest absolute Gasteiger partial charge is 0.329 e. The molecule has 0 unspecified atom stereocenters. The first-order valence-corrected chi connectivity index (χ1v) is 10.1. The highest BCUT2D eigenvalue weighted by molar-refractivity contribution is 6.07. The molecule has 0 spiro atoms. The minimum atomic E-state index is -1.04. The molecule has 3 aliphatic rings. The molecule has 0 aromatic heterocycles. The molecule has 30 heavy (non-hydrogen) atoms. The number of hydrogen-bond donors (Lipinski definition) is 1. The molecule has 2 aliphatic heterocycles. The molecule has 1 aliphatic carbocycles. The minimum absolute atomic E-state index is 0.169. The van der Waals surface area contributed by atoms with Crippen molar-refractivity contribution in [1.82, 2.24) is 10.2 Å². The van der Waals surface area contributed by atoms with Gasteiger partial charge in [0.2, 0.25) is 18.6 Å². The van der Waals surface area contributed by atoms with Crippen molar-refractivity contribution in [2.75, 3.05) is 13.4 Å². The molecule has 1 saturated heterocycles. The van der Waals surface area contributed by atoms with Gasteiger partial charge in [-0.15, -0.1) is 0 Å². The van der Waals surface area contributed by atoms with Crippen LogP contribution in [0, 0.1) is 11.8 Å². The van der Waals surface area contributed by atoms with Gasteiger partial charge in [-0.3, -0.25) is 19.3 Å². The van der Waals surface area contributed by atoms with Crippen LogP contribution in [0.5, 0.6) is 11.5 Å². The van der Waals surface area contributed by atoms with E-state index in [-0.39, 0.29) is 37.0 Å². The standard InChI is InChI=1S/C21H24N2O7/c1-12(23-19(25)14-4-2-3-5-15(14)20(23)26)21(27)28-10-18(24)22-9-13-6-7-16-17(8-13)30-11-29-16/h6-8,12,14-15H,2-5,9-11H2,1H3,(H,22,24)/t12-,14+,15+/m0/s1. The average molecular weight is 416 g/mol. The van der Waals surface area contributed by atoms with Gasteiger partial charge in [0.1, 0.15) is 6.04 Å². The summed E-state index contributed by atoms with van der Waals surface area (Å²) in [6, 6.07) is 4.28. The number of carbonyl (C=O) groups is 4. The van der Waals surface area contributed by atoms with E-state index in [0.717, 1.165) is 23.3 Å². The van der Waals surface area contributed by atoms with Crippen molar-refractivity contribution in [1.29, 1.82) is 0 Å². The number of amides is 3. The molecule has 9 heteroatoms. The van der Waals surface area contributed by atoms with Gasteiger partial charge in [-0.2, -0.15) is 0 Å². The van der Waals surface area contributed by atoms with Gasteiger partial charge in [0.25, 0.3) is 5.91 Å². The van der Waals surface area contributed by atoms with Crippen molar-refractivity contribution in [3.05, 3.63) is 23.8 Å². The molecule has 1 saturated carbocycles. The molecule has 2 fully saturated rings. The van der Waals surface area contributed by atoms with Crippen LogP contribution in [0.1, 0.15) is 38.2 Å². The maximum Gasteiger partial charge on any atom is 0.329 e. The number of imide groups is 1. The number of esters is 1. The Hall–Kier alpha value is -3.10. The van der Waals surface area contributed by atoms with Crippen LogP contribution in [0.3, 0.4) is 0 Å². The van der Waals surface area contributed by atoms with E-state index in [1.54, 1.807) is 18.2 Å². The second-order valence-electron chi connectivity index (χ2n) is 7.79. The third-order valence-corrected chi connectivity index (χ3v) is 5.88. The fourth-order valence-electron chi connectivity index (χ4n) is 4.23. The van der Waals surface area contributed by atoms with Crippen LogP contribution in [0.4, 0.5) is 0 Å². The molecule has 4 rings (SSSR count). The first-order valence-electron chi connectivity index (χ1n) is 10.1. The summed E-state index contributed by atoms with van der Waals surface area (Å²) >= 11 is 0. The van der Waals surface area contributed by atoms with Gasteiger partial charge in [-0.25, -0.2) is 4.79 Å². The molecule has 3 atom stereocenters. The number of carbonyl (C=O) groups excluding carboxylic acids is 4. The predicted molar refractivity (Wildman–Crippen MR) is 102 cm³/mol.